The van der Waals surface area contributed by atoms with Crippen LogP contribution < -0.4 is 5.73 Å². The van der Waals surface area contributed by atoms with Crippen molar-refractivity contribution in [1.29, 1.82) is 0 Å². The predicted octanol–water partition coefficient (Wildman–Crippen LogP) is 2.49. The number of amides is 1. The Morgan fingerprint density at radius 2 is 2.21 bits per heavy atom. The van der Waals surface area contributed by atoms with Gasteiger partial charge in [-0.05, 0) is 44.6 Å². The summed E-state index contributed by atoms with van der Waals surface area (Å²) in [6, 6.07) is 0.985. The molecule has 1 aromatic heterocycles. The van der Waals surface area contributed by atoms with Crippen LogP contribution in [0.25, 0.3) is 0 Å². The maximum Gasteiger partial charge on any atom is 0.280 e. The number of rotatable bonds is 2. The second-order valence-electron chi connectivity index (χ2n) is 2.36. The highest BCUT2D eigenvalue weighted by Crippen LogP contribution is 2.26. The van der Waals surface area contributed by atoms with Crippen molar-refractivity contribution in [2.75, 3.05) is 0 Å². The van der Waals surface area contributed by atoms with Crippen LogP contribution in [-0.4, -0.2) is 10.9 Å². The molecule has 1 aromatic rings. The standard InChI is InChI=1S/C7H4BrF2IN2O/c8-4-2(7(12)14)1-3(5(9)10)13-6(4)11/h1,5H,(H2,12,14). The molecule has 7 heteroatoms. The highest BCUT2D eigenvalue weighted by molar-refractivity contribution is 14.1. The monoisotopic (exact) mass is 376 g/mol. The van der Waals surface area contributed by atoms with Gasteiger partial charge in [0.1, 0.15) is 9.39 Å². The van der Waals surface area contributed by atoms with Crippen molar-refractivity contribution in [1.82, 2.24) is 4.98 Å². The van der Waals surface area contributed by atoms with Crippen LogP contribution in [0.2, 0.25) is 0 Å². The van der Waals surface area contributed by atoms with E-state index in [1.165, 1.54) is 0 Å². The average Bonchev–Trinajstić information content (AvgIpc) is 2.08. The first-order valence-corrected chi connectivity index (χ1v) is 5.24. The van der Waals surface area contributed by atoms with Crippen LogP contribution in [0.1, 0.15) is 22.5 Å². The molecule has 0 radical (unpaired) electrons. The third-order valence-corrected chi connectivity index (χ3v) is 3.75. The molecule has 0 spiro atoms. The molecule has 1 amide bonds. The fourth-order valence-electron chi connectivity index (χ4n) is 0.808. The van der Waals surface area contributed by atoms with Crippen LogP contribution in [0, 0.1) is 3.70 Å². The SMILES string of the molecule is NC(=O)c1cc(C(F)F)nc(I)c1Br. The number of hydrogen-bond donors (Lipinski definition) is 1. The lowest BCUT2D eigenvalue weighted by atomic mass is 10.2. The maximum atomic E-state index is 12.3. The Balaban J connectivity index is 3.35. The normalized spacial score (nSPS) is 10.6. The maximum absolute atomic E-state index is 12.3. The van der Waals surface area contributed by atoms with E-state index in [9.17, 15) is 13.6 Å². The second-order valence-corrected chi connectivity index (χ2v) is 4.18. The summed E-state index contributed by atoms with van der Waals surface area (Å²) in [6.07, 6.45) is -2.71. The smallest absolute Gasteiger partial charge is 0.280 e. The Bertz CT molecular complexity index is 386. The summed E-state index contributed by atoms with van der Waals surface area (Å²) in [5, 5.41) is 0. The van der Waals surface area contributed by atoms with Crippen molar-refractivity contribution in [2.24, 2.45) is 5.73 Å². The minimum atomic E-state index is -2.71. The van der Waals surface area contributed by atoms with Crippen molar-refractivity contribution in [2.45, 2.75) is 6.43 Å². The largest absolute Gasteiger partial charge is 0.366 e. The lowest BCUT2D eigenvalue weighted by Gasteiger charge is -2.05. The molecule has 2 N–H and O–H groups in total. The Morgan fingerprint density at radius 1 is 1.64 bits per heavy atom. The van der Waals surface area contributed by atoms with Crippen LogP contribution >= 0.6 is 38.5 Å². The van der Waals surface area contributed by atoms with E-state index in [0.717, 1.165) is 6.07 Å². The number of carbonyl (C=O) groups is 1. The summed E-state index contributed by atoms with van der Waals surface area (Å²) in [4.78, 5) is 14.5. The number of nitrogens with two attached hydrogens (primary N) is 1. The third kappa shape index (κ3) is 2.38. The molecule has 0 aliphatic carbocycles. The van der Waals surface area contributed by atoms with Crippen molar-refractivity contribution in [3.63, 3.8) is 0 Å². The molecule has 3 nitrogen and oxygen atoms in total. The van der Waals surface area contributed by atoms with E-state index in [-0.39, 0.29) is 9.26 Å². The molecule has 0 saturated heterocycles. The Labute approximate surface area is 100 Å². The zero-order chi connectivity index (χ0) is 10.9. The second kappa shape index (κ2) is 4.47. The minimum absolute atomic E-state index is 0.0136. The molecule has 0 unspecified atom stereocenters. The summed E-state index contributed by atoms with van der Waals surface area (Å²) in [6.45, 7) is 0. The molecule has 0 bridgehead atoms. The summed E-state index contributed by atoms with van der Waals surface area (Å²) in [5.74, 6) is -0.765. The lowest BCUT2D eigenvalue weighted by molar-refractivity contribution is 0.0998. The molecule has 1 rings (SSSR count). The van der Waals surface area contributed by atoms with E-state index < -0.39 is 18.0 Å². The Hall–Kier alpha value is -0.310. The number of alkyl halides is 2. The summed E-state index contributed by atoms with van der Waals surface area (Å²) in [5.41, 5.74) is 4.57. The summed E-state index contributed by atoms with van der Waals surface area (Å²) >= 11 is 4.79. The average molecular weight is 377 g/mol. The predicted molar refractivity (Wildman–Crippen MR) is 58.1 cm³/mol. The zero-order valence-corrected chi connectivity index (χ0v) is 10.3. The van der Waals surface area contributed by atoms with Crippen LogP contribution in [0.3, 0.4) is 0 Å². The molecule has 0 aliphatic heterocycles. The highest BCUT2D eigenvalue weighted by atomic mass is 127. The first kappa shape index (κ1) is 11.8. The molecule has 1 heterocycles. The Morgan fingerprint density at radius 3 is 2.64 bits per heavy atom. The number of aromatic nitrogens is 1. The number of pyridine rings is 1. The fraction of sp³-hybridized carbons (Fsp3) is 0.143. The molecular formula is C7H4BrF2IN2O. The van der Waals surface area contributed by atoms with Crippen LogP contribution in [0.15, 0.2) is 10.5 Å². The molecule has 0 atom stereocenters. The number of hydrogen-bond acceptors (Lipinski definition) is 2. The quantitative estimate of drug-likeness (QED) is 0.636. The van der Waals surface area contributed by atoms with Gasteiger partial charge in [-0.25, -0.2) is 13.8 Å². The molecule has 14 heavy (non-hydrogen) atoms. The molecular weight excluding hydrogens is 373 g/mol. The van der Waals surface area contributed by atoms with Crippen molar-refractivity contribution in [3.05, 3.63) is 25.5 Å². The lowest BCUT2D eigenvalue weighted by Crippen LogP contribution is -2.14. The zero-order valence-electron chi connectivity index (χ0n) is 6.60. The summed E-state index contributed by atoms with van der Waals surface area (Å²) in [7, 11) is 0. The number of nitrogens with zero attached hydrogens (tertiary/aromatic N) is 1. The van der Waals surface area contributed by atoms with E-state index >= 15 is 0 Å². The Kier molecular flexibility index (Phi) is 3.76. The number of halogens is 4. The van der Waals surface area contributed by atoms with Crippen molar-refractivity contribution < 1.29 is 13.6 Å². The van der Waals surface area contributed by atoms with E-state index in [1.807, 2.05) is 0 Å². The minimum Gasteiger partial charge on any atom is -0.366 e. The van der Waals surface area contributed by atoms with Crippen molar-refractivity contribution in [3.8, 4) is 0 Å². The van der Waals surface area contributed by atoms with E-state index in [4.69, 9.17) is 5.73 Å². The van der Waals surface area contributed by atoms with Gasteiger partial charge in [-0.15, -0.1) is 0 Å². The molecule has 0 aliphatic rings. The van der Waals surface area contributed by atoms with Gasteiger partial charge in [0.05, 0.1) is 10.0 Å². The van der Waals surface area contributed by atoms with Crippen LogP contribution in [0.4, 0.5) is 8.78 Å². The van der Waals surface area contributed by atoms with Gasteiger partial charge < -0.3 is 5.73 Å². The first-order chi connectivity index (χ1) is 6.43. The molecule has 76 valence electrons. The van der Waals surface area contributed by atoms with Gasteiger partial charge in [0.25, 0.3) is 6.43 Å². The first-order valence-electron chi connectivity index (χ1n) is 3.37. The van der Waals surface area contributed by atoms with Gasteiger partial charge in [0.2, 0.25) is 5.91 Å². The van der Waals surface area contributed by atoms with Gasteiger partial charge in [-0.3, -0.25) is 4.79 Å². The van der Waals surface area contributed by atoms with E-state index in [2.05, 4.69) is 20.9 Å². The van der Waals surface area contributed by atoms with Gasteiger partial charge in [-0.2, -0.15) is 0 Å². The van der Waals surface area contributed by atoms with Crippen molar-refractivity contribution >= 4 is 44.4 Å². The topological polar surface area (TPSA) is 56.0 Å². The fourth-order valence-corrected chi connectivity index (χ4v) is 1.78. The molecule has 0 fully saturated rings. The molecule has 0 saturated carbocycles. The number of primary amides is 1. The van der Waals surface area contributed by atoms with Crippen LogP contribution in [0.5, 0.6) is 0 Å². The molecule has 0 aromatic carbocycles. The van der Waals surface area contributed by atoms with Gasteiger partial charge in [-0.1, -0.05) is 0 Å². The van der Waals surface area contributed by atoms with E-state index in [0.29, 0.717) is 4.47 Å². The van der Waals surface area contributed by atoms with Crippen LogP contribution in [-0.2, 0) is 0 Å². The summed E-state index contributed by atoms with van der Waals surface area (Å²) < 4.78 is 25.2. The highest BCUT2D eigenvalue weighted by Gasteiger charge is 2.17. The van der Waals surface area contributed by atoms with Gasteiger partial charge >= 0.3 is 0 Å². The van der Waals surface area contributed by atoms with Gasteiger partial charge in [0, 0.05) is 0 Å². The van der Waals surface area contributed by atoms with Gasteiger partial charge in [0.15, 0.2) is 0 Å². The third-order valence-electron chi connectivity index (χ3n) is 1.43. The number of carbonyl (C=O) groups excluding carboxylic acids is 1. The van der Waals surface area contributed by atoms with E-state index in [1.54, 1.807) is 22.6 Å².